The molecule has 1 N–H and O–H groups in total. The zero-order valence-electron chi connectivity index (χ0n) is 23.6. The Morgan fingerprint density at radius 3 is 2.29 bits per heavy atom. The minimum absolute atomic E-state index is 0.0849. The minimum atomic E-state index is -0.744. The number of benzene rings is 2. The third kappa shape index (κ3) is 6.58. The Hall–Kier alpha value is -2.00. The summed E-state index contributed by atoms with van der Waals surface area (Å²) < 4.78 is 36.2. The van der Waals surface area contributed by atoms with Crippen LogP contribution in [0.3, 0.4) is 0 Å². The summed E-state index contributed by atoms with van der Waals surface area (Å²) in [5.74, 6) is -0.135. The van der Waals surface area contributed by atoms with Gasteiger partial charge in [0, 0.05) is 31.0 Å². The molecule has 0 aromatic heterocycles. The topological polar surface area (TPSA) is 75.6 Å². The van der Waals surface area contributed by atoms with Gasteiger partial charge >= 0.3 is 0 Å². The van der Waals surface area contributed by atoms with Crippen molar-refractivity contribution in [2.75, 3.05) is 27.4 Å². The van der Waals surface area contributed by atoms with Gasteiger partial charge in [-0.15, -0.1) is 0 Å². The molecular formula is C31H44O7. The molecule has 2 aliphatic rings. The lowest BCUT2D eigenvalue weighted by molar-refractivity contribution is -0.344. The molecule has 2 fully saturated rings. The first-order valence-corrected chi connectivity index (χ1v) is 13.5. The van der Waals surface area contributed by atoms with Crippen LogP contribution >= 0.6 is 0 Å². The van der Waals surface area contributed by atoms with Gasteiger partial charge < -0.3 is 33.5 Å². The lowest BCUT2D eigenvalue weighted by atomic mass is 9.54. The number of ether oxygens (including phenoxy) is 6. The summed E-state index contributed by atoms with van der Waals surface area (Å²) >= 11 is 0. The monoisotopic (exact) mass is 528 g/mol. The van der Waals surface area contributed by atoms with Crippen LogP contribution in [-0.4, -0.2) is 62.7 Å². The highest BCUT2D eigenvalue weighted by Gasteiger charge is 2.62. The Labute approximate surface area is 227 Å². The molecule has 6 atom stereocenters. The van der Waals surface area contributed by atoms with Crippen molar-refractivity contribution in [2.24, 2.45) is 17.3 Å². The van der Waals surface area contributed by atoms with E-state index in [1.165, 1.54) is 0 Å². The summed E-state index contributed by atoms with van der Waals surface area (Å²) in [6.45, 7) is 9.96. The number of aliphatic hydroxyl groups is 1. The van der Waals surface area contributed by atoms with E-state index in [2.05, 4.69) is 26.0 Å². The lowest BCUT2D eigenvalue weighted by Gasteiger charge is -2.60. The number of hydrogen-bond acceptors (Lipinski definition) is 7. The van der Waals surface area contributed by atoms with E-state index in [0.29, 0.717) is 32.8 Å². The Morgan fingerprint density at radius 2 is 1.63 bits per heavy atom. The van der Waals surface area contributed by atoms with Crippen LogP contribution in [0.25, 0.3) is 0 Å². The van der Waals surface area contributed by atoms with Gasteiger partial charge in [0.25, 0.3) is 0 Å². The summed E-state index contributed by atoms with van der Waals surface area (Å²) in [4.78, 5) is 0. The Kier molecular flexibility index (Phi) is 9.50. The second-order valence-corrected chi connectivity index (χ2v) is 11.5. The molecule has 7 nitrogen and oxygen atoms in total. The van der Waals surface area contributed by atoms with Crippen molar-refractivity contribution in [3.8, 4) is 5.75 Å². The van der Waals surface area contributed by atoms with Gasteiger partial charge in [0.1, 0.15) is 5.75 Å². The van der Waals surface area contributed by atoms with Crippen LogP contribution in [0.4, 0.5) is 0 Å². The van der Waals surface area contributed by atoms with Gasteiger partial charge in [-0.3, -0.25) is 0 Å². The van der Waals surface area contributed by atoms with Gasteiger partial charge in [-0.05, 0) is 43.5 Å². The van der Waals surface area contributed by atoms with Crippen molar-refractivity contribution in [1.29, 1.82) is 0 Å². The summed E-state index contributed by atoms with van der Waals surface area (Å²) in [6.07, 6.45) is -0.502. The predicted molar refractivity (Wildman–Crippen MR) is 145 cm³/mol. The van der Waals surface area contributed by atoms with Gasteiger partial charge in [-0.1, -0.05) is 56.3 Å². The second-order valence-electron chi connectivity index (χ2n) is 11.5. The number of rotatable bonds is 12. The molecule has 1 aliphatic carbocycles. The fourth-order valence-corrected chi connectivity index (χ4v) is 5.80. The lowest BCUT2D eigenvalue weighted by Crippen LogP contribution is -2.69. The smallest absolute Gasteiger partial charge is 0.163 e. The number of hydrogen-bond donors (Lipinski definition) is 1. The first kappa shape index (κ1) is 29.0. The number of aliphatic hydroxyl groups excluding tert-OH is 1. The highest BCUT2D eigenvalue weighted by atomic mass is 16.7. The maximum Gasteiger partial charge on any atom is 0.163 e. The van der Waals surface area contributed by atoms with Crippen LogP contribution in [0, 0.1) is 17.3 Å². The highest BCUT2D eigenvalue weighted by Crippen LogP contribution is 2.53. The van der Waals surface area contributed by atoms with Crippen LogP contribution < -0.4 is 4.74 Å². The van der Waals surface area contributed by atoms with Gasteiger partial charge in [0.15, 0.2) is 5.79 Å². The minimum Gasteiger partial charge on any atom is -0.497 e. The van der Waals surface area contributed by atoms with Crippen molar-refractivity contribution in [2.45, 2.75) is 77.5 Å². The van der Waals surface area contributed by atoms with Gasteiger partial charge in [-0.25, -0.2) is 0 Å². The third-order valence-electron chi connectivity index (χ3n) is 8.09. The third-order valence-corrected chi connectivity index (χ3v) is 8.09. The summed E-state index contributed by atoms with van der Waals surface area (Å²) in [5.41, 5.74) is 1.82. The average Bonchev–Trinajstić information content (AvgIpc) is 2.91. The van der Waals surface area contributed by atoms with Crippen molar-refractivity contribution < 1.29 is 33.5 Å². The largest absolute Gasteiger partial charge is 0.497 e. The molecule has 2 aromatic carbocycles. The molecule has 4 rings (SSSR count). The van der Waals surface area contributed by atoms with Crippen LogP contribution in [0.15, 0.2) is 54.6 Å². The van der Waals surface area contributed by atoms with Crippen molar-refractivity contribution in [3.63, 3.8) is 0 Å². The fraction of sp³-hybridized carbons (Fsp3) is 0.613. The zero-order valence-corrected chi connectivity index (χ0v) is 23.6. The van der Waals surface area contributed by atoms with Gasteiger partial charge in [-0.2, -0.15) is 0 Å². The summed E-state index contributed by atoms with van der Waals surface area (Å²) in [7, 11) is 3.37. The molecule has 0 radical (unpaired) electrons. The molecule has 7 heteroatoms. The molecule has 1 heterocycles. The van der Waals surface area contributed by atoms with Gasteiger partial charge in [0.2, 0.25) is 0 Å². The SMILES string of the molecule is COc1ccc(COCC[C@@H](OC)[C@@H]2OC(C)(C)OC[C@H]2[C@@H]2[C@H](O)C(C)(C)[C@H]2OCc2ccccc2)cc1. The Bertz CT molecular complexity index is 991. The zero-order chi connectivity index (χ0) is 27.3. The molecule has 1 saturated heterocycles. The maximum atomic E-state index is 11.3. The van der Waals surface area contributed by atoms with Crippen LogP contribution in [0.1, 0.15) is 45.2 Å². The molecular weight excluding hydrogens is 484 g/mol. The highest BCUT2D eigenvalue weighted by molar-refractivity contribution is 5.26. The Morgan fingerprint density at radius 1 is 0.947 bits per heavy atom. The molecule has 1 saturated carbocycles. The Balaban J connectivity index is 1.42. The van der Waals surface area contributed by atoms with Gasteiger partial charge in [0.05, 0.1) is 51.3 Å². The van der Waals surface area contributed by atoms with Crippen LogP contribution in [-0.2, 0) is 36.9 Å². The maximum absolute atomic E-state index is 11.3. The normalized spacial score (nSPS) is 28.9. The quantitative estimate of drug-likeness (QED) is 0.389. The standard InChI is InChI=1S/C31H44O7/c1-30(2)28(32)26(29(30)36-19-21-10-8-7-9-11-21)24-20-37-31(3,4)38-27(24)25(34-6)16-17-35-18-22-12-14-23(33-5)15-13-22/h7-15,24-29,32H,16-20H2,1-6H3/t24-,25+,26+,27+,28-,29-/m0/s1. The van der Waals surface area contributed by atoms with Crippen molar-refractivity contribution >= 4 is 0 Å². The van der Waals surface area contributed by atoms with E-state index in [-0.39, 0.29) is 35.6 Å². The fourth-order valence-electron chi connectivity index (χ4n) is 5.80. The van der Waals surface area contributed by atoms with Crippen molar-refractivity contribution in [3.05, 3.63) is 65.7 Å². The summed E-state index contributed by atoms with van der Waals surface area (Å²) in [6, 6.07) is 18.0. The van der Waals surface area contributed by atoms with Crippen LogP contribution in [0.5, 0.6) is 5.75 Å². The molecule has 0 spiro atoms. The van der Waals surface area contributed by atoms with Crippen molar-refractivity contribution in [1.82, 2.24) is 0 Å². The predicted octanol–water partition coefficient (Wildman–Crippen LogP) is 4.99. The molecule has 1 aliphatic heterocycles. The molecule has 2 aromatic rings. The molecule has 0 bridgehead atoms. The second kappa shape index (κ2) is 12.5. The molecule has 0 amide bonds. The van der Waals surface area contributed by atoms with E-state index in [9.17, 15) is 5.11 Å². The van der Waals surface area contributed by atoms with E-state index < -0.39 is 11.9 Å². The molecule has 38 heavy (non-hydrogen) atoms. The molecule has 0 unspecified atom stereocenters. The molecule has 210 valence electrons. The van der Waals surface area contributed by atoms with Crippen LogP contribution in [0.2, 0.25) is 0 Å². The first-order chi connectivity index (χ1) is 18.2. The number of methoxy groups -OCH3 is 2. The first-order valence-electron chi connectivity index (χ1n) is 13.5. The van der Waals surface area contributed by atoms with E-state index in [1.807, 2.05) is 56.3 Å². The van der Waals surface area contributed by atoms with E-state index in [0.717, 1.165) is 16.9 Å². The van der Waals surface area contributed by atoms with E-state index in [1.54, 1.807) is 14.2 Å². The van der Waals surface area contributed by atoms with E-state index >= 15 is 0 Å². The van der Waals surface area contributed by atoms with E-state index in [4.69, 9.17) is 28.4 Å². The average molecular weight is 529 g/mol. The summed E-state index contributed by atoms with van der Waals surface area (Å²) in [5, 5.41) is 11.3.